The molecule has 3 nitrogen and oxygen atoms in total. The van der Waals surface area contributed by atoms with Crippen molar-refractivity contribution in [3.05, 3.63) is 24.0 Å². The molecule has 3 N–H and O–H groups in total. The van der Waals surface area contributed by atoms with Gasteiger partial charge >= 0.3 is 0 Å². The van der Waals surface area contributed by atoms with Crippen LogP contribution in [0.1, 0.15) is 0 Å². The molecular weight excluding hydrogens is 114 g/mol. The Morgan fingerprint density at radius 1 is 1.56 bits per heavy atom. The third-order valence-corrected chi connectivity index (χ3v) is 1.54. The van der Waals surface area contributed by atoms with Crippen LogP contribution in [-0.4, -0.2) is 12.8 Å². The van der Waals surface area contributed by atoms with Crippen molar-refractivity contribution < 1.29 is 0 Å². The Bertz CT molecular complexity index is 171. The van der Waals surface area contributed by atoms with E-state index in [1.54, 1.807) is 0 Å². The van der Waals surface area contributed by atoms with Gasteiger partial charge < -0.3 is 10.6 Å². The summed E-state index contributed by atoms with van der Waals surface area (Å²) in [6.07, 6.45) is 6.33. The molecule has 0 aliphatic carbocycles. The number of dihydropyridines is 1. The molecule has 2 aliphatic heterocycles. The van der Waals surface area contributed by atoms with Gasteiger partial charge in [0.1, 0.15) is 6.17 Å². The van der Waals surface area contributed by atoms with E-state index in [1.165, 1.54) is 5.70 Å². The molecule has 2 aliphatic rings. The van der Waals surface area contributed by atoms with Crippen molar-refractivity contribution in [2.75, 3.05) is 6.67 Å². The number of hydrogen-bond donors (Lipinski definition) is 3. The van der Waals surface area contributed by atoms with E-state index < -0.39 is 0 Å². The fourth-order valence-electron chi connectivity index (χ4n) is 1.07. The van der Waals surface area contributed by atoms with Crippen molar-refractivity contribution in [3.8, 4) is 0 Å². The largest absolute Gasteiger partial charge is 0.373 e. The maximum absolute atomic E-state index is 3.22. The van der Waals surface area contributed by atoms with Crippen molar-refractivity contribution in [2.45, 2.75) is 6.17 Å². The highest BCUT2D eigenvalue weighted by molar-refractivity contribution is 5.22. The minimum atomic E-state index is 0.329. The SMILES string of the molecule is C1=CNC2NCNC2=C1. The zero-order chi connectivity index (χ0) is 6.10. The van der Waals surface area contributed by atoms with Gasteiger partial charge in [0.2, 0.25) is 0 Å². The summed E-state index contributed by atoms with van der Waals surface area (Å²) in [7, 11) is 0. The Kier molecular flexibility index (Phi) is 0.960. The molecule has 1 fully saturated rings. The van der Waals surface area contributed by atoms with Gasteiger partial charge in [-0.05, 0) is 18.4 Å². The Hall–Kier alpha value is -0.960. The van der Waals surface area contributed by atoms with E-state index in [9.17, 15) is 0 Å². The number of hydrogen-bond acceptors (Lipinski definition) is 3. The van der Waals surface area contributed by atoms with Gasteiger partial charge in [0, 0.05) is 5.70 Å². The normalized spacial score (nSPS) is 30.2. The standard InChI is InChI=1S/C6H9N3/c1-2-5-6(7-3-1)9-4-8-5/h1-3,6-9H,4H2. The maximum Gasteiger partial charge on any atom is 0.119 e. The average molecular weight is 123 g/mol. The zero-order valence-electron chi connectivity index (χ0n) is 5.02. The quantitative estimate of drug-likeness (QED) is 0.405. The van der Waals surface area contributed by atoms with E-state index in [4.69, 9.17) is 0 Å². The van der Waals surface area contributed by atoms with Crippen molar-refractivity contribution in [1.82, 2.24) is 16.0 Å². The van der Waals surface area contributed by atoms with Crippen LogP contribution in [-0.2, 0) is 0 Å². The molecule has 48 valence electrons. The lowest BCUT2D eigenvalue weighted by Crippen LogP contribution is -2.36. The molecule has 1 saturated heterocycles. The van der Waals surface area contributed by atoms with Gasteiger partial charge in [0.15, 0.2) is 0 Å². The van der Waals surface area contributed by atoms with Crippen LogP contribution in [0, 0.1) is 0 Å². The molecule has 0 radical (unpaired) electrons. The molecule has 0 amide bonds. The predicted molar refractivity (Wildman–Crippen MR) is 35.3 cm³/mol. The molecule has 0 saturated carbocycles. The number of allylic oxidation sites excluding steroid dienone is 2. The van der Waals surface area contributed by atoms with Gasteiger partial charge in [-0.15, -0.1) is 0 Å². The first-order valence-electron chi connectivity index (χ1n) is 3.07. The van der Waals surface area contributed by atoms with Crippen molar-refractivity contribution in [1.29, 1.82) is 0 Å². The van der Waals surface area contributed by atoms with E-state index in [2.05, 4.69) is 22.0 Å². The highest BCUT2D eigenvalue weighted by Gasteiger charge is 2.18. The molecule has 0 aromatic heterocycles. The van der Waals surface area contributed by atoms with Crippen LogP contribution in [0.2, 0.25) is 0 Å². The maximum atomic E-state index is 3.22. The number of rotatable bonds is 0. The van der Waals surface area contributed by atoms with Crippen molar-refractivity contribution >= 4 is 0 Å². The van der Waals surface area contributed by atoms with E-state index >= 15 is 0 Å². The Morgan fingerprint density at radius 3 is 3.44 bits per heavy atom. The third kappa shape index (κ3) is 0.695. The Morgan fingerprint density at radius 2 is 2.56 bits per heavy atom. The second kappa shape index (κ2) is 1.77. The molecule has 1 atom stereocenters. The second-order valence-electron chi connectivity index (χ2n) is 2.14. The fraction of sp³-hybridized carbons (Fsp3) is 0.333. The topological polar surface area (TPSA) is 36.1 Å². The van der Waals surface area contributed by atoms with E-state index in [0.717, 1.165) is 6.67 Å². The Labute approximate surface area is 53.8 Å². The monoisotopic (exact) mass is 123 g/mol. The van der Waals surface area contributed by atoms with Crippen LogP contribution in [0.3, 0.4) is 0 Å². The first-order chi connectivity index (χ1) is 4.47. The second-order valence-corrected chi connectivity index (χ2v) is 2.14. The number of nitrogens with one attached hydrogen (secondary N) is 3. The molecule has 0 spiro atoms. The van der Waals surface area contributed by atoms with Gasteiger partial charge in [-0.2, -0.15) is 0 Å². The molecule has 0 bridgehead atoms. The lowest BCUT2D eigenvalue weighted by atomic mass is 10.3. The first kappa shape index (κ1) is 4.88. The third-order valence-electron chi connectivity index (χ3n) is 1.54. The molecule has 2 heterocycles. The lowest BCUT2D eigenvalue weighted by molar-refractivity contribution is 0.605. The predicted octanol–water partition coefficient (Wildman–Crippen LogP) is -0.536. The molecule has 0 aromatic rings. The van der Waals surface area contributed by atoms with Gasteiger partial charge in [0.25, 0.3) is 0 Å². The first-order valence-corrected chi connectivity index (χ1v) is 3.07. The molecule has 1 unspecified atom stereocenters. The summed E-state index contributed by atoms with van der Waals surface area (Å²) in [5, 5.41) is 9.57. The van der Waals surface area contributed by atoms with Crippen LogP contribution < -0.4 is 16.0 Å². The van der Waals surface area contributed by atoms with E-state index in [1.807, 2.05) is 12.3 Å². The summed E-state index contributed by atoms with van der Waals surface area (Å²) in [6.45, 7) is 0.866. The van der Waals surface area contributed by atoms with Crippen LogP contribution in [0.5, 0.6) is 0 Å². The zero-order valence-corrected chi connectivity index (χ0v) is 5.02. The molecule has 2 rings (SSSR count). The lowest BCUT2D eigenvalue weighted by Gasteiger charge is -2.13. The van der Waals surface area contributed by atoms with Crippen molar-refractivity contribution in [2.24, 2.45) is 0 Å². The molecule has 3 heteroatoms. The minimum absolute atomic E-state index is 0.329. The van der Waals surface area contributed by atoms with Gasteiger partial charge in [-0.3, -0.25) is 5.32 Å². The van der Waals surface area contributed by atoms with Gasteiger partial charge in [0.05, 0.1) is 6.67 Å². The van der Waals surface area contributed by atoms with Crippen LogP contribution in [0.4, 0.5) is 0 Å². The molecular formula is C6H9N3. The van der Waals surface area contributed by atoms with Gasteiger partial charge in [-0.25, -0.2) is 0 Å². The smallest absolute Gasteiger partial charge is 0.119 e. The summed E-state index contributed by atoms with van der Waals surface area (Å²) in [5.74, 6) is 0. The molecule has 0 aromatic carbocycles. The van der Waals surface area contributed by atoms with Crippen LogP contribution >= 0.6 is 0 Å². The Balaban J connectivity index is 2.23. The van der Waals surface area contributed by atoms with E-state index in [-0.39, 0.29) is 0 Å². The summed E-state index contributed by atoms with van der Waals surface area (Å²) in [6, 6.07) is 0. The summed E-state index contributed by atoms with van der Waals surface area (Å²) < 4.78 is 0. The average Bonchev–Trinajstić information content (AvgIpc) is 2.33. The van der Waals surface area contributed by atoms with Gasteiger partial charge in [-0.1, -0.05) is 0 Å². The number of fused-ring (bicyclic) bond motifs is 1. The summed E-state index contributed by atoms with van der Waals surface area (Å²) in [5.41, 5.74) is 1.23. The molecule has 9 heavy (non-hydrogen) atoms. The summed E-state index contributed by atoms with van der Waals surface area (Å²) >= 11 is 0. The highest BCUT2D eigenvalue weighted by Crippen LogP contribution is 2.04. The minimum Gasteiger partial charge on any atom is -0.373 e. The van der Waals surface area contributed by atoms with E-state index in [0.29, 0.717) is 6.17 Å². The van der Waals surface area contributed by atoms with Crippen LogP contribution in [0.15, 0.2) is 24.0 Å². The summed E-state index contributed by atoms with van der Waals surface area (Å²) in [4.78, 5) is 0. The van der Waals surface area contributed by atoms with Crippen molar-refractivity contribution in [3.63, 3.8) is 0 Å². The highest BCUT2D eigenvalue weighted by atomic mass is 15.3. The van der Waals surface area contributed by atoms with Crippen LogP contribution in [0.25, 0.3) is 0 Å². The fourth-order valence-corrected chi connectivity index (χ4v) is 1.07.